The van der Waals surface area contributed by atoms with Crippen molar-refractivity contribution >= 4 is 40.8 Å². The van der Waals surface area contributed by atoms with Crippen LogP contribution in [0.5, 0.6) is 11.5 Å². The lowest BCUT2D eigenvalue weighted by Crippen LogP contribution is -2.47. The van der Waals surface area contributed by atoms with Crippen LogP contribution in [0.3, 0.4) is 0 Å². The first-order chi connectivity index (χ1) is 17.3. The van der Waals surface area contributed by atoms with Crippen LogP contribution in [0.1, 0.15) is 19.8 Å². The molecule has 11 heteroatoms. The second kappa shape index (κ2) is 11.1. The highest BCUT2D eigenvalue weighted by molar-refractivity contribution is 6.05. The molecule has 0 aliphatic carbocycles. The Labute approximate surface area is 208 Å². The minimum atomic E-state index is -0.700. The highest BCUT2D eigenvalue weighted by Crippen LogP contribution is 2.32. The molecule has 0 spiro atoms. The monoisotopic (exact) mass is 495 g/mol. The van der Waals surface area contributed by atoms with Gasteiger partial charge in [0.1, 0.15) is 0 Å². The van der Waals surface area contributed by atoms with Crippen molar-refractivity contribution in [1.82, 2.24) is 10.2 Å². The molecule has 1 atom stereocenters. The fourth-order valence-electron chi connectivity index (χ4n) is 4.15. The fraction of sp³-hybridized carbons (Fsp3) is 0.360. The SMILES string of the molecule is C[C@@H]1CC(=O)Nc2ccccc2N1C(=O)CN(C)CC(=O)NC(=O)Nc1ccc2c(c1)OCCCO2. The quantitative estimate of drug-likeness (QED) is 0.580. The van der Waals surface area contributed by atoms with Crippen molar-refractivity contribution in [3.8, 4) is 11.5 Å². The molecule has 36 heavy (non-hydrogen) atoms. The van der Waals surface area contributed by atoms with Gasteiger partial charge in [-0.1, -0.05) is 12.1 Å². The van der Waals surface area contributed by atoms with E-state index in [0.717, 1.165) is 6.42 Å². The molecule has 2 aliphatic rings. The van der Waals surface area contributed by atoms with Crippen LogP contribution in [0.15, 0.2) is 42.5 Å². The Morgan fingerprint density at radius 1 is 1.08 bits per heavy atom. The molecule has 0 unspecified atom stereocenters. The molecule has 2 aliphatic heterocycles. The van der Waals surface area contributed by atoms with Gasteiger partial charge in [-0.25, -0.2) is 4.79 Å². The Kier molecular flexibility index (Phi) is 7.69. The molecule has 0 saturated heterocycles. The average molecular weight is 496 g/mol. The molecule has 190 valence electrons. The van der Waals surface area contributed by atoms with Crippen molar-refractivity contribution in [1.29, 1.82) is 0 Å². The highest BCUT2D eigenvalue weighted by Gasteiger charge is 2.30. The lowest BCUT2D eigenvalue weighted by molar-refractivity contribution is -0.122. The van der Waals surface area contributed by atoms with Gasteiger partial charge in [-0.3, -0.25) is 24.6 Å². The van der Waals surface area contributed by atoms with E-state index in [0.29, 0.717) is 41.8 Å². The van der Waals surface area contributed by atoms with Crippen molar-refractivity contribution in [3.63, 3.8) is 0 Å². The highest BCUT2D eigenvalue weighted by atomic mass is 16.5. The summed E-state index contributed by atoms with van der Waals surface area (Å²) in [6, 6.07) is 11.0. The van der Waals surface area contributed by atoms with E-state index < -0.39 is 11.9 Å². The van der Waals surface area contributed by atoms with Gasteiger partial charge in [0.05, 0.1) is 37.7 Å². The molecular formula is C25H29N5O6. The Bertz CT molecular complexity index is 1170. The molecule has 0 bridgehead atoms. The van der Waals surface area contributed by atoms with Crippen LogP contribution in [-0.4, -0.2) is 68.0 Å². The first kappa shape index (κ1) is 25.0. The number of fused-ring (bicyclic) bond motifs is 2. The second-order valence-corrected chi connectivity index (χ2v) is 8.77. The summed E-state index contributed by atoms with van der Waals surface area (Å²) in [5.41, 5.74) is 1.62. The van der Waals surface area contributed by atoms with Gasteiger partial charge < -0.3 is 25.0 Å². The van der Waals surface area contributed by atoms with Crippen molar-refractivity contribution in [3.05, 3.63) is 42.5 Å². The molecule has 0 aromatic heterocycles. The number of hydrogen-bond donors (Lipinski definition) is 3. The van der Waals surface area contributed by atoms with E-state index in [-0.39, 0.29) is 37.4 Å². The Hall–Kier alpha value is -4.12. The van der Waals surface area contributed by atoms with Crippen molar-refractivity contribution in [2.45, 2.75) is 25.8 Å². The molecule has 2 heterocycles. The lowest BCUT2D eigenvalue weighted by Gasteiger charge is -2.29. The van der Waals surface area contributed by atoms with E-state index in [9.17, 15) is 19.2 Å². The van der Waals surface area contributed by atoms with Gasteiger partial charge in [0, 0.05) is 30.6 Å². The number of anilines is 3. The number of nitrogens with zero attached hydrogens (tertiary/aromatic N) is 2. The number of carbonyl (C=O) groups is 4. The zero-order chi connectivity index (χ0) is 25.7. The minimum Gasteiger partial charge on any atom is -0.490 e. The van der Waals surface area contributed by atoms with E-state index in [1.165, 1.54) is 4.90 Å². The number of ether oxygens (including phenoxy) is 2. The van der Waals surface area contributed by atoms with Gasteiger partial charge in [0.15, 0.2) is 11.5 Å². The summed E-state index contributed by atoms with van der Waals surface area (Å²) in [7, 11) is 1.61. The van der Waals surface area contributed by atoms with Gasteiger partial charge >= 0.3 is 6.03 Å². The topological polar surface area (TPSA) is 129 Å². The van der Waals surface area contributed by atoms with Gasteiger partial charge in [-0.15, -0.1) is 0 Å². The van der Waals surface area contributed by atoms with Crippen LogP contribution in [0.25, 0.3) is 0 Å². The van der Waals surface area contributed by atoms with Gasteiger partial charge in [0.2, 0.25) is 17.7 Å². The van der Waals surface area contributed by atoms with Crippen LogP contribution in [-0.2, 0) is 14.4 Å². The summed E-state index contributed by atoms with van der Waals surface area (Å²) >= 11 is 0. The Balaban J connectivity index is 1.31. The Morgan fingerprint density at radius 2 is 1.83 bits per heavy atom. The van der Waals surface area contributed by atoms with E-state index in [1.807, 2.05) is 0 Å². The largest absolute Gasteiger partial charge is 0.490 e. The van der Waals surface area contributed by atoms with Crippen LogP contribution < -0.4 is 30.3 Å². The number of carbonyl (C=O) groups excluding carboxylic acids is 4. The Morgan fingerprint density at radius 3 is 2.64 bits per heavy atom. The standard InChI is InChI=1S/C25H29N5O6/c1-16-12-22(31)27-18-6-3-4-7-19(18)30(16)24(33)15-29(2)14-23(32)28-25(34)26-17-8-9-20-21(13-17)36-11-5-10-35-20/h3-4,6-9,13,16H,5,10-12,14-15H2,1-2H3,(H,27,31)(H2,26,28,32,34)/t16-/m1/s1. The number of amides is 5. The number of likely N-dealkylation sites (N-methyl/N-ethyl adjacent to an activating group) is 1. The number of imide groups is 1. The average Bonchev–Trinajstić information content (AvgIpc) is 3.11. The summed E-state index contributed by atoms with van der Waals surface area (Å²) in [6.07, 6.45) is 0.922. The molecule has 2 aromatic rings. The van der Waals surface area contributed by atoms with Crippen LogP contribution in [0.4, 0.5) is 21.9 Å². The molecule has 11 nitrogen and oxygen atoms in total. The molecule has 0 fully saturated rings. The lowest BCUT2D eigenvalue weighted by atomic mass is 10.1. The predicted octanol–water partition coefficient (Wildman–Crippen LogP) is 2.19. The van der Waals surface area contributed by atoms with E-state index in [4.69, 9.17) is 9.47 Å². The third kappa shape index (κ3) is 6.11. The fourth-order valence-corrected chi connectivity index (χ4v) is 4.15. The normalized spacial score (nSPS) is 16.8. The second-order valence-electron chi connectivity index (χ2n) is 8.77. The third-order valence-corrected chi connectivity index (χ3v) is 5.70. The predicted molar refractivity (Wildman–Crippen MR) is 133 cm³/mol. The molecule has 4 rings (SSSR count). The summed E-state index contributed by atoms with van der Waals surface area (Å²) in [5.74, 6) is 0.118. The van der Waals surface area contributed by atoms with E-state index in [2.05, 4.69) is 16.0 Å². The summed E-state index contributed by atoms with van der Waals surface area (Å²) in [6.45, 7) is 2.62. The van der Waals surface area contributed by atoms with Crippen LogP contribution in [0.2, 0.25) is 0 Å². The smallest absolute Gasteiger partial charge is 0.325 e. The first-order valence-corrected chi connectivity index (χ1v) is 11.7. The third-order valence-electron chi connectivity index (χ3n) is 5.70. The maximum atomic E-state index is 13.1. The van der Waals surface area contributed by atoms with Gasteiger partial charge in [-0.05, 0) is 38.2 Å². The molecule has 5 amide bonds. The van der Waals surface area contributed by atoms with Gasteiger partial charge in [0.25, 0.3) is 0 Å². The van der Waals surface area contributed by atoms with Crippen molar-refractivity contribution < 1.29 is 28.7 Å². The molecule has 3 N–H and O–H groups in total. The number of urea groups is 1. The van der Waals surface area contributed by atoms with Crippen LogP contribution in [0, 0.1) is 0 Å². The van der Waals surface area contributed by atoms with Crippen molar-refractivity contribution in [2.75, 3.05) is 48.9 Å². The molecule has 0 saturated carbocycles. The number of benzene rings is 2. The summed E-state index contributed by atoms with van der Waals surface area (Å²) < 4.78 is 11.2. The van der Waals surface area contributed by atoms with Gasteiger partial charge in [-0.2, -0.15) is 0 Å². The van der Waals surface area contributed by atoms with Crippen LogP contribution >= 0.6 is 0 Å². The molecular weight excluding hydrogens is 466 g/mol. The number of para-hydroxylation sites is 2. The maximum absolute atomic E-state index is 13.1. The zero-order valence-corrected chi connectivity index (χ0v) is 20.2. The summed E-state index contributed by atoms with van der Waals surface area (Å²) in [5, 5.41) is 7.68. The molecule has 2 aromatic carbocycles. The van der Waals surface area contributed by atoms with E-state index >= 15 is 0 Å². The van der Waals surface area contributed by atoms with E-state index in [1.54, 1.807) is 61.3 Å². The number of hydrogen-bond acceptors (Lipinski definition) is 7. The maximum Gasteiger partial charge on any atom is 0.325 e. The zero-order valence-electron chi connectivity index (χ0n) is 20.2. The number of nitrogens with one attached hydrogen (secondary N) is 3. The minimum absolute atomic E-state index is 0.0793. The van der Waals surface area contributed by atoms with Crippen molar-refractivity contribution in [2.24, 2.45) is 0 Å². The summed E-state index contributed by atoms with van der Waals surface area (Å²) in [4.78, 5) is 53.1. The number of rotatable bonds is 5. The molecule has 0 radical (unpaired) electrons. The first-order valence-electron chi connectivity index (χ1n) is 11.7.